The molecular weight excluding hydrogens is 228 g/mol. The summed E-state index contributed by atoms with van der Waals surface area (Å²) in [6.07, 6.45) is 3.94. The number of sulfonamides is 1. The van der Waals surface area contributed by atoms with Crippen LogP contribution >= 0.6 is 0 Å². The van der Waals surface area contributed by atoms with Crippen molar-refractivity contribution in [3.05, 3.63) is 0 Å². The number of hydrogen-bond donors (Lipinski definition) is 2. The summed E-state index contributed by atoms with van der Waals surface area (Å²) in [7, 11) is -3.56. The molecule has 1 fully saturated rings. The molecule has 0 saturated heterocycles. The molecule has 0 atom stereocenters. The fourth-order valence-corrected chi connectivity index (χ4v) is 2.46. The molecule has 1 aliphatic rings. The number of amides is 1. The minimum Gasteiger partial charge on any atom is -0.317 e. The third-order valence-corrected chi connectivity index (χ3v) is 4.76. The molecule has 0 aromatic rings. The molecule has 0 radical (unpaired) electrons. The smallest absolute Gasteiger partial charge is 0.253 e. The Morgan fingerprint density at radius 1 is 1.25 bits per heavy atom. The summed E-state index contributed by atoms with van der Waals surface area (Å²) >= 11 is 0. The highest BCUT2D eigenvalue weighted by atomic mass is 32.2. The average Bonchev–Trinajstić information content (AvgIpc) is 2.18. The van der Waals surface area contributed by atoms with Gasteiger partial charge in [0.25, 0.3) is 5.91 Å². The zero-order chi connectivity index (χ0) is 12.4. The van der Waals surface area contributed by atoms with E-state index in [-0.39, 0.29) is 0 Å². The zero-order valence-electron chi connectivity index (χ0n) is 9.82. The summed E-state index contributed by atoms with van der Waals surface area (Å²) < 4.78 is 25.2. The van der Waals surface area contributed by atoms with Gasteiger partial charge in [0, 0.05) is 0 Å². The number of carbonyl (C=O) groups is 1. The van der Waals surface area contributed by atoms with Crippen molar-refractivity contribution in [1.82, 2.24) is 4.72 Å². The summed E-state index contributed by atoms with van der Waals surface area (Å²) in [6, 6.07) is 0. The second kappa shape index (κ2) is 4.71. The van der Waals surface area contributed by atoms with Crippen molar-refractivity contribution in [2.45, 2.75) is 56.7 Å². The number of nitrogens with two attached hydrogens (primary N) is 1. The quantitative estimate of drug-likeness (QED) is 0.761. The lowest BCUT2D eigenvalue weighted by Gasteiger charge is -2.31. The number of hydrogen-bond acceptors (Lipinski definition) is 4. The first-order valence-electron chi connectivity index (χ1n) is 5.63. The van der Waals surface area contributed by atoms with Gasteiger partial charge in [-0.05, 0) is 26.7 Å². The van der Waals surface area contributed by atoms with E-state index in [9.17, 15) is 13.2 Å². The number of rotatable bonds is 3. The molecule has 5 nitrogen and oxygen atoms in total. The second-order valence-electron chi connectivity index (χ2n) is 4.74. The topological polar surface area (TPSA) is 89.3 Å². The van der Waals surface area contributed by atoms with Gasteiger partial charge < -0.3 is 5.73 Å². The van der Waals surface area contributed by atoms with Crippen LogP contribution in [0.3, 0.4) is 0 Å². The average molecular weight is 248 g/mol. The summed E-state index contributed by atoms with van der Waals surface area (Å²) in [5, 5.41) is -0.622. The highest BCUT2D eigenvalue weighted by Gasteiger charge is 2.37. The Labute approximate surface area is 96.8 Å². The molecule has 6 heteroatoms. The molecule has 0 bridgehead atoms. The maximum atomic E-state index is 11.8. The third-order valence-electron chi connectivity index (χ3n) is 3.05. The molecule has 0 heterocycles. The van der Waals surface area contributed by atoms with Gasteiger partial charge >= 0.3 is 0 Å². The minimum atomic E-state index is -3.56. The van der Waals surface area contributed by atoms with Gasteiger partial charge in [0.15, 0.2) is 0 Å². The molecule has 1 rings (SSSR count). The summed E-state index contributed by atoms with van der Waals surface area (Å²) in [5.41, 5.74) is 4.93. The van der Waals surface area contributed by atoms with Crippen LogP contribution in [0.1, 0.15) is 46.0 Å². The Morgan fingerprint density at radius 2 is 1.75 bits per heavy atom. The predicted octanol–water partition coefficient (Wildman–Crippen LogP) is 0.502. The van der Waals surface area contributed by atoms with Crippen LogP contribution in [0.2, 0.25) is 0 Å². The molecular formula is C10H20N2O3S. The Balaban J connectivity index is 2.72. The number of carbonyl (C=O) groups excluding carboxylic acids is 1. The van der Waals surface area contributed by atoms with E-state index in [1.807, 2.05) is 0 Å². The summed E-state index contributed by atoms with van der Waals surface area (Å²) in [4.78, 5) is 11.8. The first-order valence-corrected chi connectivity index (χ1v) is 7.17. The van der Waals surface area contributed by atoms with Crippen molar-refractivity contribution >= 4 is 15.9 Å². The monoisotopic (exact) mass is 248 g/mol. The first-order chi connectivity index (χ1) is 7.28. The van der Waals surface area contributed by atoms with Crippen molar-refractivity contribution in [3.63, 3.8) is 0 Å². The van der Waals surface area contributed by atoms with Crippen molar-refractivity contribution in [3.8, 4) is 0 Å². The molecule has 3 N–H and O–H groups in total. The van der Waals surface area contributed by atoms with Crippen molar-refractivity contribution in [2.75, 3.05) is 0 Å². The van der Waals surface area contributed by atoms with Gasteiger partial charge in [-0.25, -0.2) is 8.42 Å². The molecule has 1 saturated carbocycles. The predicted molar refractivity (Wildman–Crippen MR) is 62.2 cm³/mol. The van der Waals surface area contributed by atoms with Crippen molar-refractivity contribution in [2.24, 2.45) is 5.73 Å². The van der Waals surface area contributed by atoms with Crippen LogP contribution in [0.4, 0.5) is 0 Å². The van der Waals surface area contributed by atoms with E-state index in [1.54, 1.807) is 0 Å². The first kappa shape index (κ1) is 13.4. The van der Waals surface area contributed by atoms with Gasteiger partial charge in [0.1, 0.15) is 0 Å². The van der Waals surface area contributed by atoms with E-state index >= 15 is 0 Å². The SMILES string of the molecule is CC(C)S(=O)(=O)NC(=O)C1(N)CCCCC1. The fourth-order valence-electron chi connectivity index (χ4n) is 1.76. The van der Waals surface area contributed by atoms with Crippen molar-refractivity contribution in [1.29, 1.82) is 0 Å². The lowest BCUT2D eigenvalue weighted by Crippen LogP contribution is -2.56. The van der Waals surface area contributed by atoms with E-state index in [0.717, 1.165) is 19.3 Å². The second-order valence-corrected chi connectivity index (χ2v) is 6.98. The molecule has 0 aromatic heterocycles. The van der Waals surface area contributed by atoms with Gasteiger partial charge in [-0.15, -0.1) is 0 Å². The molecule has 1 amide bonds. The Hall–Kier alpha value is -0.620. The normalized spacial score (nSPS) is 20.8. The maximum Gasteiger partial charge on any atom is 0.253 e. The van der Waals surface area contributed by atoms with Crippen LogP contribution in [0.25, 0.3) is 0 Å². The summed E-state index contributed by atoms with van der Waals surface area (Å²) in [6.45, 7) is 3.05. The van der Waals surface area contributed by atoms with Gasteiger partial charge in [0.05, 0.1) is 10.8 Å². The standard InChI is InChI=1S/C10H20N2O3S/c1-8(2)16(14,15)12-9(13)10(11)6-4-3-5-7-10/h8H,3-7,11H2,1-2H3,(H,12,13). The van der Waals surface area contributed by atoms with Crippen LogP contribution in [-0.4, -0.2) is 25.1 Å². The molecule has 0 aliphatic heterocycles. The molecule has 0 unspecified atom stereocenters. The van der Waals surface area contributed by atoms with Crippen LogP contribution in [-0.2, 0) is 14.8 Å². The van der Waals surface area contributed by atoms with Gasteiger partial charge in [0.2, 0.25) is 10.0 Å². The number of nitrogens with one attached hydrogen (secondary N) is 1. The van der Waals surface area contributed by atoms with Gasteiger partial charge in [-0.2, -0.15) is 0 Å². The third kappa shape index (κ3) is 2.95. The van der Waals surface area contributed by atoms with Gasteiger partial charge in [-0.3, -0.25) is 9.52 Å². The van der Waals surface area contributed by atoms with Crippen LogP contribution in [0, 0.1) is 0 Å². The van der Waals surface area contributed by atoms with Gasteiger partial charge in [-0.1, -0.05) is 19.3 Å². The lowest BCUT2D eigenvalue weighted by molar-refractivity contribution is -0.125. The minimum absolute atomic E-state index is 0.555. The zero-order valence-corrected chi connectivity index (χ0v) is 10.6. The van der Waals surface area contributed by atoms with Crippen molar-refractivity contribution < 1.29 is 13.2 Å². The highest BCUT2D eigenvalue weighted by molar-refractivity contribution is 7.90. The van der Waals surface area contributed by atoms with Crippen LogP contribution < -0.4 is 10.5 Å². The fraction of sp³-hybridized carbons (Fsp3) is 0.900. The van der Waals surface area contributed by atoms with E-state index in [4.69, 9.17) is 5.73 Å². The molecule has 0 spiro atoms. The van der Waals surface area contributed by atoms with Crippen LogP contribution in [0.5, 0.6) is 0 Å². The maximum absolute atomic E-state index is 11.8. The Morgan fingerprint density at radius 3 is 2.19 bits per heavy atom. The van der Waals surface area contributed by atoms with E-state index in [0.29, 0.717) is 12.8 Å². The molecule has 94 valence electrons. The summed E-state index contributed by atoms with van der Waals surface area (Å²) in [5.74, 6) is -0.555. The lowest BCUT2D eigenvalue weighted by atomic mass is 9.82. The highest BCUT2D eigenvalue weighted by Crippen LogP contribution is 2.26. The molecule has 0 aromatic carbocycles. The van der Waals surface area contributed by atoms with E-state index in [2.05, 4.69) is 4.72 Å². The van der Waals surface area contributed by atoms with Crippen LogP contribution in [0.15, 0.2) is 0 Å². The van der Waals surface area contributed by atoms with E-state index < -0.39 is 26.7 Å². The van der Waals surface area contributed by atoms with E-state index in [1.165, 1.54) is 13.8 Å². The Bertz CT molecular complexity index is 356. The Kier molecular flexibility index (Phi) is 3.96. The molecule has 16 heavy (non-hydrogen) atoms. The molecule has 1 aliphatic carbocycles. The largest absolute Gasteiger partial charge is 0.317 e.